The number of aliphatic hydroxyl groups is 1. The smallest absolute Gasteiger partial charge is 0.118 e. The Bertz CT molecular complexity index is 439. The Morgan fingerprint density at radius 1 is 1.05 bits per heavy atom. The number of methoxy groups -OCH3 is 1. The highest BCUT2D eigenvalue weighted by atomic mass is 16.5. The van der Waals surface area contributed by atoms with Gasteiger partial charge in [0.05, 0.1) is 13.2 Å². The maximum absolute atomic E-state index is 10.2. The Morgan fingerprint density at radius 3 is 2.48 bits per heavy atom. The first-order valence-electron chi connectivity index (χ1n) is 8.34. The van der Waals surface area contributed by atoms with Gasteiger partial charge in [-0.15, -0.1) is 0 Å². The first-order valence-corrected chi connectivity index (χ1v) is 8.34. The molecule has 0 aliphatic heterocycles. The van der Waals surface area contributed by atoms with Crippen LogP contribution in [0.4, 0.5) is 0 Å². The van der Waals surface area contributed by atoms with Crippen molar-refractivity contribution >= 4 is 0 Å². The predicted molar refractivity (Wildman–Crippen MR) is 84.8 cm³/mol. The molecule has 3 heteroatoms. The molecule has 1 aromatic rings. The highest BCUT2D eigenvalue weighted by Crippen LogP contribution is 2.38. The molecule has 0 amide bonds. The van der Waals surface area contributed by atoms with E-state index in [4.69, 9.17) is 4.74 Å². The van der Waals surface area contributed by atoms with Gasteiger partial charge in [-0.1, -0.05) is 31.4 Å². The standard InChI is InChI=1S/C18H27NO2/c1-21-16-9-7-13(8-10-16)14-11-15(12-14)19-17-5-3-2-4-6-18(17)20/h7-10,14-15,17-20H,2-6,11-12H2,1H3. The second-order valence-corrected chi connectivity index (χ2v) is 6.62. The fourth-order valence-electron chi connectivity index (χ4n) is 3.69. The molecule has 0 aromatic heterocycles. The summed E-state index contributed by atoms with van der Waals surface area (Å²) in [6.07, 6.45) is 8.03. The summed E-state index contributed by atoms with van der Waals surface area (Å²) >= 11 is 0. The largest absolute Gasteiger partial charge is 0.497 e. The van der Waals surface area contributed by atoms with Crippen molar-refractivity contribution in [2.75, 3.05) is 7.11 Å². The molecule has 0 spiro atoms. The van der Waals surface area contributed by atoms with Crippen LogP contribution in [0.25, 0.3) is 0 Å². The van der Waals surface area contributed by atoms with E-state index in [0.717, 1.165) is 18.6 Å². The molecule has 2 atom stereocenters. The molecule has 0 saturated heterocycles. The summed E-state index contributed by atoms with van der Waals surface area (Å²) in [6, 6.07) is 9.35. The highest BCUT2D eigenvalue weighted by Gasteiger charge is 2.33. The van der Waals surface area contributed by atoms with Crippen LogP contribution < -0.4 is 10.1 Å². The van der Waals surface area contributed by atoms with E-state index in [1.54, 1.807) is 7.11 Å². The van der Waals surface area contributed by atoms with Gasteiger partial charge in [0.1, 0.15) is 5.75 Å². The molecule has 2 aliphatic carbocycles. The number of aliphatic hydroxyl groups excluding tert-OH is 1. The average Bonchev–Trinajstić information content (AvgIpc) is 2.67. The number of benzene rings is 1. The maximum Gasteiger partial charge on any atom is 0.118 e. The van der Waals surface area contributed by atoms with Crippen LogP contribution in [0.3, 0.4) is 0 Å². The average molecular weight is 289 g/mol. The molecule has 2 unspecified atom stereocenters. The molecular weight excluding hydrogens is 262 g/mol. The summed E-state index contributed by atoms with van der Waals surface area (Å²) in [7, 11) is 1.70. The first kappa shape index (κ1) is 14.9. The lowest BCUT2D eigenvalue weighted by Crippen LogP contribution is -2.49. The summed E-state index contributed by atoms with van der Waals surface area (Å²) in [5.74, 6) is 1.59. The lowest BCUT2D eigenvalue weighted by molar-refractivity contribution is 0.102. The number of rotatable bonds is 4. The van der Waals surface area contributed by atoms with Gasteiger partial charge in [-0.05, 0) is 49.3 Å². The van der Waals surface area contributed by atoms with Gasteiger partial charge in [0.15, 0.2) is 0 Å². The van der Waals surface area contributed by atoms with E-state index in [9.17, 15) is 5.11 Å². The molecule has 3 rings (SSSR count). The quantitative estimate of drug-likeness (QED) is 0.836. The zero-order chi connectivity index (χ0) is 14.7. The molecule has 2 aliphatic rings. The SMILES string of the molecule is COc1ccc(C2CC(NC3CCCCCC3O)C2)cc1. The summed E-state index contributed by atoms with van der Waals surface area (Å²) in [5.41, 5.74) is 1.41. The highest BCUT2D eigenvalue weighted by molar-refractivity contribution is 5.31. The van der Waals surface area contributed by atoms with Gasteiger partial charge >= 0.3 is 0 Å². The van der Waals surface area contributed by atoms with Crippen LogP contribution in [-0.4, -0.2) is 30.4 Å². The molecule has 2 N–H and O–H groups in total. The number of hydrogen-bond acceptors (Lipinski definition) is 3. The fourth-order valence-corrected chi connectivity index (χ4v) is 3.69. The third-order valence-electron chi connectivity index (χ3n) is 5.15. The molecule has 0 heterocycles. The molecule has 1 aromatic carbocycles. The molecule has 21 heavy (non-hydrogen) atoms. The van der Waals surface area contributed by atoms with Crippen molar-refractivity contribution in [1.82, 2.24) is 5.32 Å². The third-order valence-corrected chi connectivity index (χ3v) is 5.15. The van der Waals surface area contributed by atoms with Gasteiger partial charge in [-0.2, -0.15) is 0 Å². The van der Waals surface area contributed by atoms with Gasteiger partial charge in [0.2, 0.25) is 0 Å². The van der Waals surface area contributed by atoms with Crippen molar-refractivity contribution in [2.45, 2.75) is 69.1 Å². The Kier molecular flexibility index (Phi) is 4.81. The number of ether oxygens (including phenoxy) is 1. The van der Waals surface area contributed by atoms with E-state index in [1.165, 1.54) is 37.7 Å². The van der Waals surface area contributed by atoms with E-state index < -0.39 is 0 Å². The lowest BCUT2D eigenvalue weighted by atomic mass is 9.75. The Morgan fingerprint density at radius 2 is 1.76 bits per heavy atom. The maximum atomic E-state index is 10.2. The molecule has 0 radical (unpaired) electrons. The van der Waals surface area contributed by atoms with Crippen molar-refractivity contribution in [3.8, 4) is 5.75 Å². The predicted octanol–water partition coefficient (Wildman–Crippen LogP) is 3.22. The van der Waals surface area contributed by atoms with Crippen LogP contribution in [0.5, 0.6) is 5.75 Å². The van der Waals surface area contributed by atoms with E-state index in [1.807, 2.05) is 12.1 Å². The van der Waals surface area contributed by atoms with Crippen LogP contribution in [0, 0.1) is 0 Å². The summed E-state index contributed by atoms with van der Waals surface area (Å²) in [4.78, 5) is 0. The van der Waals surface area contributed by atoms with Crippen LogP contribution in [0.2, 0.25) is 0 Å². The van der Waals surface area contributed by atoms with E-state index >= 15 is 0 Å². The van der Waals surface area contributed by atoms with Gasteiger partial charge in [-0.3, -0.25) is 0 Å². The first-order chi connectivity index (χ1) is 10.3. The minimum atomic E-state index is -0.146. The van der Waals surface area contributed by atoms with Crippen molar-refractivity contribution in [3.63, 3.8) is 0 Å². The molecule has 2 saturated carbocycles. The van der Waals surface area contributed by atoms with Crippen LogP contribution in [0.1, 0.15) is 56.4 Å². The summed E-state index contributed by atoms with van der Waals surface area (Å²) in [6.45, 7) is 0. The van der Waals surface area contributed by atoms with E-state index in [2.05, 4.69) is 17.4 Å². The zero-order valence-electron chi connectivity index (χ0n) is 12.9. The van der Waals surface area contributed by atoms with Gasteiger partial charge < -0.3 is 15.2 Å². The van der Waals surface area contributed by atoms with Gasteiger partial charge in [0, 0.05) is 12.1 Å². The number of hydrogen-bond donors (Lipinski definition) is 2. The number of nitrogens with one attached hydrogen (secondary N) is 1. The lowest BCUT2D eigenvalue weighted by Gasteiger charge is -2.39. The van der Waals surface area contributed by atoms with E-state index in [-0.39, 0.29) is 6.10 Å². The molecule has 0 bridgehead atoms. The third kappa shape index (κ3) is 3.58. The Balaban J connectivity index is 1.48. The van der Waals surface area contributed by atoms with Crippen LogP contribution >= 0.6 is 0 Å². The second-order valence-electron chi connectivity index (χ2n) is 6.62. The molecule has 3 nitrogen and oxygen atoms in total. The van der Waals surface area contributed by atoms with Crippen LogP contribution in [-0.2, 0) is 0 Å². The van der Waals surface area contributed by atoms with E-state index in [0.29, 0.717) is 18.0 Å². The normalized spacial score (nSPS) is 33.0. The fraction of sp³-hybridized carbons (Fsp3) is 0.667. The molecule has 116 valence electrons. The molecular formula is C18H27NO2. The summed E-state index contributed by atoms with van der Waals surface area (Å²) < 4.78 is 5.21. The van der Waals surface area contributed by atoms with Gasteiger partial charge in [0.25, 0.3) is 0 Å². The summed E-state index contributed by atoms with van der Waals surface area (Å²) in [5, 5.41) is 13.9. The zero-order valence-corrected chi connectivity index (χ0v) is 12.9. The Labute approximate surface area is 127 Å². The minimum Gasteiger partial charge on any atom is -0.497 e. The van der Waals surface area contributed by atoms with Crippen molar-refractivity contribution in [3.05, 3.63) is 29.8 Å². The van der Waals surface area contributed by atoms with Crippen molar-refractivity contribution in [2.24, 2.45) is 0 Å². The van der Waals surface area contributed by atoms with Gasteiger partial charge in [-0.25, -0.2) is 0 Å². The van der Waals surface area contributed by atoms with Crippen LogP contribution in [0.15, 0.2) is 24.3 Å². The second kappa shape index (κ2) is 6.80. The van der Waals surface area contributed by atoms with Crippen molar-refractivity contribution in [1.29, 1.82) is 0 Å². The Hall–Kier alpha value is -1.06. The van der Waals surface area contributed by atoms with Crippen molar-refractivity contribution < 1.29 is 9.84 Å². The minimum absolute atomic E-state index is 0.146. The molecule has 2 fully saturated rings. The topological polar surface area (TPSA) is 41.5 Å². The monoisotopic (exact) mass is 289 g/mol.